The molecule has 0 aromatic heterocycles. The molecule has 150 valence electrons. The van der Waals surface area contributed by atoms with Gasteiger partial charge in [0.05, 0.1) is 10.6 Å². The molecule has 1 N–H and O–H groups in total. The fourth-order valence-electron chi connectivity index (χ4n) is 3.31. The highest BCUT2D eigenvalue weighted by atomic mass is 35.5. The van der Waals surface area contributed by atoms with Gasteiger partial charge < -0.3 is 10.1 Å². The monoisotopic (exact) mass is 411 g/mol. The summed E-state index contributed by atoms with van der Waals surface area (Å²) >= 11 is 5.62. The van der Waals surface area contributed by atoms with Crippen LogP contribution in [0.15, 0.2) is 36.4 Å². The van der Waals surface area contributed by atoms with E-state index in [2.05, 4.69) is 5.32 Å². The number of amides is 1. The molecule has 0 fully saturated rings. The second-order valence-corrected chi connectivity index (χ2v) is 7.24. The number of fused-ring (bicyclic) bond motifs is 1. The minimum Gasteiger partial charge on any atom is -0.481 e. The van der Waals surface area contributed by atoms with Crippen LogP contribution in [0.1, 0.15) is 42.9 Å². The van der Waals surface area contributed by atoms with Crippen LogP contribution in [-0.4, -0.2) is 12.0 Å². The Kier molecular flexibility index (Phi) is 6.18. The summed E-state index contributed by atoms with van der Waals surface area (Å²) in [6.45, 7) is 1.78. The normalized spacial score (nSPS) is 14.9. The summed E-state index contributed by atoms with van der Waals surface area (Å²) < 4.78 is 44.8. The summed E-state index contributed by atoms with van der Waals surface area (Å²) in [5.41, 5.74) is 1.56. The zero-order valence-electron chi connectivity index (χ0n) is 15.4. The molecule has 1 amide bonds. The molecular weight excluding hydrogens is 391 g/mol. The quantitative estimate of drug-likeness (QED) is 0.652. The number of hydrogen-bond donors (Lipinski definition) is 1. The highest BCUT2D eigenvalue weighted by Gasteiger charge is 2.33. The first kappa shape index (κ1) is 20.5. The first-order chi connectivity index (χ1) is 13.3. The van der Waals surface area contributed by atoms with Crippen molar-refractivity contribution in [3.63, 3.8) is 0 Å². The molecule has 0 radical (unpaired) electrons. The lowest BCUT2D eigenvalue weighted by Gasteiger charge is -2.21. The van der Waals surface area contributed by atoms with E-state index in [4.69, 9.17) is 16.3 Å². The number of carbonyl (C=O) groups excluding carboxylic acids is 1. The number of carbonyl (C=O) groups is 1. The average molecular weight is 412 g/mol. The van der Waals surface area contributed by atoms with E-state index in [-0.39, 0.29) is 5.69 Å². The smallest absolute Gasteiger partial charge is 0.417 e. The van der Waals surface area contributed by atoms with E-state index in [0.717, 1.165) is 31.4 Å². The molecule has 3 rings (SSSR count). The van der Waals surface area contributed by atoms with Gasteiger partial charge in [0.1, 0.15) is 5.75 Å². The minimum atomic E-state index is -4.60. The van der Waals surface area contributed by atoms with Crippen LogP contribution in [-0.2, 0) is 23.8 Å². The maximum Gasteiger partial charge on any atom is 0.417 e. The van der Waals surface area contributed by atoms with E-state index in [0.29, 0.717) is 12.2 Å². The van der Waals surface area contributed by atoms with Gasteiger partial charge in [0, 0.05) is 5.69 Å². The third-order valence-corrected chi connectivity index (χ3v) is 5.13. The predicted octanol–water partition coefficient (Wildman–Crippen LogP) is 6.03. The van der Waals surface area contributed by atoms with Crippen molar-refractivity contribution in [1.29, 1.82) is 0 Å². The Morgan fingerprint density at radius 1 is 1.14 bits per heavy atom. The van der Waals surface area contributed by atoms with E-state index in [1.807, 2.05) is 18.2 Å². The van der Waals surface area contributed by atoms with Gasteiger partial charge in [0.25, 0.3) is 5.91 Å². The van der Waals surface area contributed by atoms with Gasteiger partial charge in [0.15, 0.2) is 6.10 Å². The van der Waals surface area contributed by atoms with Gasteiger partial charge in [-0.15, -0.1) is 0 Å². The summed E-state index contributed by atoms with van der Waals surface area (Å²) in [5.74, 6) is 0.0883. The second-order valence-electron chi connectivity index (χ2n) is 6.83. The van der Waals surface area contributed by atoms with Crippen LogP contribution in [0, 0.1) is 0 Å². The number of benzene rings is 2. The van der Waals surface area contributed by atoms with E-state index in [1.165, 1.54) is 23.6 Å². The van der Waals surface area contributed by atoms with Crippen LogP contribution < -0.4 is 10.1 Å². The topological polar surface area (TPSA) is 38.3 Å². The Hall–Kier alpha value is -2.21. The fraction of sp³-hybridized carbons (Fsp3) is 0.381. The Morgan fingerprint density at radius 2 is 1.86 bits per heavy atom. The maximum absolute atomic E-state index is 13.0. The van der Waals surface area contributed by atoms with Gasteiger partial charge in [-0.1, -0.05) is 24.6 Å². The minimum absolute atomic E-state index is 0.0224. The largest absolute Gasteiger partial charge is 0.481 e. The number of rotatable bonds is 5. The van der Waals surface area contributed by atoms with Gasteiger partial charge in [-0.25, -0.2) is 0 Å². The van der Waals surface area contributed by atoms with Gasteiger partial charge in [-0.3, -0.25) is 4.79 Å². The van der Waals surface area contributed by atoms with Gasteiger partial charge in [0.2, 0.25) is 0 Å². The summed E-state index contributed by atoms with van der Waals surface area (Å²) in [6.07, 6.45) is -0.692. The van der Waals surface area contributed by atoms with Crippen LogP contribution in [0.4, 0.5) is 18.9 Å². The lowest BCUT2D eigenvalue weighted by Crippen LogP contribution is -2.32. The van der Waals surface area contributed by atoms with Crippen LogP contribution in [0.25, 0.3) is 0 Å². The molecule has 3 nitrogen and oxygen atoms in total. The second kappa shape index (κ2) is 8.43. The number of hydrogen-bond acceptors (Lipinski definition) is 2. The first-order valence-electron chi connectivity index (χ1n) is 9.24. The molecule has 0 saturated heterocycles. The molecule has 1 atom stereocenters. The molecule has 0 saturated carbocycles. The van der Waals surface area contributed by atoms with Crippen LogP contribution in [0.2, 0.25) is 5.02 Å². The van der Waals surface area contributed by atoms with Crippen LogP contribution in [0.5, 0.6) is 5.75 Å². The third-order valence-electron chi connectivity index (χ3n) is 4.80. The molecule has 7 heteroatoms. The number of halogens is 4. The molecule has 1 unspecified atom stereocenters. The fourth-order valence-corrected chi connectivity index (χ4v) is 3.54. The van der Waals surface area contributed by atoms with Crippen LogP contribution in [0.3, 0.4) is 0 Å². The van der Waals surface area contributed by atoms with Crippen molar-refractivity contribution in [3.8, 4) is 5.75 Å². The lowest BCUT2D eigenvalue weighted by atomic mass is 9.92. The SMILES string of the molecule is CCC(Oc1ccc2c(c1)CCCC2)C(=O)Nc1ccc(Cl)c(C(F)(F)F)c1. The number of anilines is 1. The first-order valence-corrected chi connectivity index (χ1v) is 9.62. The average Bonchev–Trinajstić information content (AvgIpc) is 2.66. The molecule has 1 aliphatic rings. The highest BCUT2D eigenvalue weighted by Crippen LogP contribution is 2.36. The number of nitrogens with one attached hydrogen (secondary N) is 1. The van der Waals surface area contributed by atoms with Gasteiger partial charge in [-0.05, 0) is 73.6 Å². The van der Waals surface area contributed by atoms with Crippen LogP contribution >= 0.6 is 11.6 Å². The Morgan fingerprint density at radius 3 is 2.54 bits per heavy atom. The molecular formula is C21H21ClF3NO2. The van der Waals surface area contributed by atoms with Crippen molar-refractivity contribution in [1.82, 2.24) is 0 Å². The zero-order valence-corrected chi connectivity index (χ0v) is 16.2. The summed E-state index contributed by atoms with van der Waals surface area (Å²) in [7, 11) is 0. The van der Waals surface area contributed by atoms with Crippen molar-refractivity contribution in [2.45, 2.75) is 51.3 Å². The predicted molar refractivity (Wildman–Crippen MR) is 103 cm³/mol. The number of ether oxygens (including phenoxy) is 1. The lowest BCUT2D eigenvalue weighted by molar-refractivity contribution is -0.137. The molecule has 2 aromatic carbocycles. The molecule has 2 aromatic rings. The van der Waals surface area contributed by atoms with Crippen molar-refractivity contribution >= 4 is 23.2 Å². The molecule has 0 heterocycles. The Bertz CT molecular complexity index is 867. The van der Waals surface area contributed by atoms with Gasteiger partial charge in [-0.2, -0.15) is 13.2 Å². The van der Waals surface area contributed by atoms with E-state index in [1.54, 1.807) is 6.92 Å². The van der Waals surface area contributed by atoms with Crippen molar-refractivity contribution in [2.75, 3.05) is 5.32 Å². The zero-order chi connectivity index (χ0) is 20.3. The van der Waals surface area contributed by atoms with Crippen molar-refractivity contribution in [2.24, 2.45) is 0 Å². The van der Waals surface area contributed by atoms with E-state index < -0.39 is 28.8 Å². The molecule has 28 heavy (non-hydrogen) atoms. The Balaban J connectivity index is 1.72. The van der Waals surface area contributed by atoms with Crippen molar-refractivity contribution in [3.05, 3.63) is 58.1 Å². The summed E-state index contributed by atoms with van der Waals surface area (Å²) in [6, 6.07) is 9.08. The third kappa shape index (κ3) is 4.79. The van der Waals surface area contributed by atoms with Crippen molar-refractivity contribution < 1.29 is 22.7 Å². The molecule has 0 bridgehead atoms. The number of alkyl halides is 3. The number of aryl methyl sites for hydroxylation is 2. The molecule has 0 spiro atoms. The summed E-state index contributed by atoms with van der Waals surface area (Å²) in [4.78, 5) is 12.5. The van der Waals surface area contributed by atoms with E-state index in [9.17, 15) is 18.0 Å². The maximum atomic E-state index is 13.0. The highest BCUT2D eigenvalue weighted by molar-refractivity contribution is 6.31. The molecule has 1 aliphatic carbocycles. The Labute approximate surface area is 166 Å². The molecule has 0 aliphatic heterocycles. The van der Waals surface area contributed by atoms with E-state index >= 15 is 0 Å². The summed E-state index contributed by atoms with van der Waals surface area (Å²) in [5, 5.41) is 2.08. The van der Waals surface area contributed by atoms with Gasteiger partial charge >= 0.3 is 6.18 Å². The standard InChI is InChI=1S/C21H21ClF3NO2/c1-2-19(28-16-9-7-13-5-3-4-6-14(13)11-16)20(27)26-15-8-10-18(22)17(12-15)21(23,24)25/h7-12,19H,2-6H2,1H3,(H,26,27).